The van der Waals surface area contributed by atoms with Crippen LogP contribution in [0.1, 0.15) is 10.4 Å². The van der Waals surface area contributed by atoms with Gasteiger partial charge in [-0.3, -0.25) is 10.2 Å². The number of rotatable bonds is 8. The Bertz CT molecular complexity index is 371. The van der Waals surface area contributed by atoms with Crippen molar-refractivity contribution in [2.75, 3.05) is 33.5 Å². The lowest BCUT2D eigenvalue weighted by atomic mass is 10.2. The van der Waals surface area contributed by atoms with Crippen molar-refractivity contribution in [1.82, 2.24) is 5.43 Å². The van der Waals surface area contributed by atoms with E-state index in [9.17, 15) is 4.79 Å². The number of nitrogen functional groups attached to an aromatic ring is 1. The highest BCUT2D eigenvalue weighted by atomic mass is 16.5. The molecule has 6 heteroatoms. The van der Waals surface area contributed by atoms with Crippen LogP contribution >= 0.6 is 0 Å². The van der Waals surface area contributed by atoms with E-state index in [-0.39, 0.29) is 5.91 Å². The lowest BCUT2D eigenvalue weighted by Gasteiger charge is -2.08. The average molecular weight is 254 g/mol. The van der Waals surface area contributed by atoms with Gasteiger partial charge in [-0.25, -0.2) is 5.84 Å². The largest absolute Gasteiger partial charge is 0.491 e. The van der Waals surface area contributed by atoms with Crippen molar-refractivity contribution in [2.45, 2.75) is 0 Å². The second-order valence-corrected chi connectivity index (χ2v) is 3.45. The normalized spacial score (nSPS) is 10.1. The second-order valence-electron chi connectivity index (χ2n) is 3.45. The Morgan fingerprint density at radius 3 is 2.78 bits per heavy atom. The number of hydrazine groups is 1. The van der Waals surface area contributed by atoms with Gasteiger partial charge in [0.05, 0.1) is 19.8 Å². The van der Waals surface area contributed by atoms with Gasteiger partial charge < -0.3 is 14.2 Å². The van der Waals surface area contributed by atoms with E-state index in [4.69, 9.17) is 20.1 Å². The first-order valence-corrected chi connectivity index (χ1v) is 5.58. The first kappa shape index (κ1) is 14.4. The molecule has 0 fully saturated rings. The van der Waals surface area contributed by atoms with Crippen LogP contribution in [0.2, 0.25) is 0 Å². The van der Waals surface area contributed by atoms with Gasteiger partial charge in [0.25, 0.3) is 5.91 Å². The highest BCUT2D eigenvalue weighted by Gasteiger charge is 2.04. The number of carbonyl (C=O) groups is 1. The van der Waals surface area contributed by atoms with Crippen LogP contribution in [0.25, 0.3) is 0 Å². The van der Waals surface area contributed by atoms with Crippen molar-refractivity contribution in [2.24, 2.45) is 5.84 Å². The maximum absolute atomic E-state index is 11.3. The fourth-order valence-corrected chi connectivity index (χ4v) is 1.27. The summed E-state index contributed by atoms with van der Waals surface area (Å²) < 4.78 is 15.5. The molecule has 0 spiro atoms. The van der Waals surface area contributed by atoms with Crippen LogP contribution in [0.15, 0.2) is 24.3 Å². The molecule has 18 heavy (non-hydrogen) atoms. The summed E-state index contributed by atoms with van der Waals surface area (Å²) in [5, 5.41) is 0. The molecule has 1 amide bonds. The number of nitrogens with one attached hydrogen (secondary N) is 1. The van der Waals surface area contributed by atoms with E-state index in [1.807, 2.05) is 0 Å². The summed E-state index contributed by atoms with van der Waals surface area (Å²) in [6.07, 6.45) is 0. The molecule has 3 N–H and O–H groups in total. The van der Waals surface area contributed by atoms with Gasteiger partial charge in [0.2, 0.25) is 0 Å². The topological polar surface area (TPSA) is 82.8 Å². The molecule has 0 atom stereocenters. The molecule has 0 aliphatic rings. The molecule has 0 saturated heterocycles. The van der Waals surface area contributed by atoms with Crippen LogP contribution in [-0.2, 0) is 9.47 Å². The summed E-state index contributed by atoms with van der Waals surface area (Å²) in [5.41, 5.74) is 2.52. The molecule has 0 aromatic heterocycles. The molecule has 0 radical (unpaired) electrons. The maximum Gasteiger partial charge on any atom is 0.265 e. The molecular formula is C12H18N2O4. The molecule has 1 aromatic carbocycles. The lowest BCUT2D eigenvalue weighted by Crippen LogP contribution is -2.29. The van der Waals surface area contributed by atoms with Crippen molar-refractivity contribution in [3.8, 4) is 5.75 Å². The summed E-state index contributed by atoms with van der Waals surface area (Å²) >= 11 is 0. The zero-order chi connectivity index (χ0) is 13.2. The maximum atomic E-state index is 11.3. The van der Waals surface area contributed by atoms with Crippen molar-refractivity contribution in [3.05, 3.63) is 29.8 Å². The van der Waals surface area contributed by atoms with Gasteiger partial charge in [0.15, 0.2) is 0 Å². The van der Waals surface area contributed by atoms with E-state index in [1.54, 1.807) is 31.4 Å². The molecule has 0 aliphatic carbocycles. The van der Waals surface area contributed by atoms with Crippen LogP contribution in [0.3, 0.4) is 0 Å². The van der Waals surface area contributed by atoms with Crippen molar-refractivity contribution >= 4 is 5.91 Å². The summed E-state index contributed by atoms with van der Waals surface area (Å²) in [6, 6.07) is 6.77. The van der Waals surface area contributed by atoms with Crippen molar-refractivity contribution in [1.29, 1.82) is 0 Å². The molecule has 0 heterocycles. The van der Waals surface area contributed by atoms with Gasteiger partial charge >= 0.3 is 0 Å². The van der Waals surface area contributed by atoms with E-state index in [2.05, 4.69) is 5.43 Å². The van der Waals surface area contributed by atoms with E-state index < -0.39 is 0 Å². The fourth-order valence-electron chi connectivity index (χ4n) is 1.27. The summed E-state index contributed by atoms with van der Waals surface area (Å²) in [6.45, 7) is 1.98. The minimum atomic E-state index is -0.350. The monoisotopic (exact) mass is 254 g/mol. The number of ether oxygens (including phenoxy) is 3. The third-order valence-corrected chi connectivity index (χ3v) is 2.16. The number of amides is 1. The number of hydrogen-bond acceptors (Lipinski definition) is 5. The Morgan fingerprint density at radius 1 is 1.28 bits per heavy atom. The minimum Gasteiger partial charge on any atom is -0.491 e. The molecule has 1 aromatic rings. The molecular weight excluding hydrogens is 236 g/mol. The molecule has 0 unspecified atom stereocenters. The van der Waals surface area contributed by atoms with Crippen LogP contribution in [0.4, 0.5) is 0 Å². The van der Waals surface area contributed by atoms with E-state index in [0.717, 1.165) is 0 Å². The smallest absolute Gasteiger partial charge is 0.265 e. The molecule has 0 aliphatic heterocycles. The zero-order valence-electron chi connectivity index (χ0n) is 10.3. The summed E-state index contributed by atoms with van der Waals surface area (Å²) in [4.78, 5) is 11.3. The predicted molar refractivity (Wildman–Crippen MR) is 66.3 cm³/mol. The van der Waals surface area contributed by atoms with Crippen LogP contribution in [0.5, 0.6) is 5.75 Å². The Kier molecular flexibility index (Phi) is 6.78. The molecule has 6 nitrogen and oxygen atoms in total. The molecule has 100 valence electrons. The third-order valence-electron chi connectivity index (χ3n) is 2.16. The van der Waals surface area contributed by atoms with E-state index in [1.165, 1.54) is 0 Å². The second kappa shape index (κ2) is 8.46. The van der Waals surface area contributed by atoms with Crippen molar-refractivity contribution < 1.29 is 19.0 Å². The van der Waals surface area contributed by atoms with Crippen LogP contribution in [0, 0.1) is 0 Å². The number of hydrogen-bond donors (Lipinski definition) is 2. The van der Waals surface area contributed by atoms with Gasteiger partial charge in [-0.15, -0.1) is 0 Å². The molecule has 1 rings (SSSR count). The van der Waals surface area contributed by atoms with Gasteiger partial charge in [-0.2, -0.15) is 0 Å². The Balaban J connectivity index is 2.32. The lowest BCUT2D eigenvalue weighted by molar-refractivity contribution is 0.0544. The standard InChI is InChI=1S/C12H18N2O4/c1-16-5-6-17-7-8-18-11-4-2-3-10(9-11)12(15)14-13/h2-4,9H,5-8,13H2,1H3,(H,14,15). The van der Waals surface area contributed by atoms with Crippen molar-refractivity contribution in [3.63, 3.8) is 0 Å². The Morgan fingerprint density at radius 2 is 2.06 bits per heavy atom. The van der Waals surface area contributed by atoms with Gasteiger partial charge in [-0.05, 0) is 18.2 Å². The predicted octanol–water partition coefficient (Wildman–Crippen LogP) is 0.332. The van der Waals surface area contributed by atoms with E-state index >= 15 is 0 Å². The quantitative estimate of drug-likeness (QED) is 0.302. The zero-order valence-corrected chi connectivity index (χ0v) is 10.3. The average Bonchev–Trinajstić information content (AvgIpc) is 2.42. The minimum absolute atomic E-state index is 0.350. The number of carbonyl (C=O) groups excluding carboxylic acids is 1. The first-order valence-electron chi connectivity index (χ1n) is 5.58. The summed E-state index contributed by atoms with van der Waals surface area (Å²) in [5.74, 6) is 5.30. The highest BCUT2D eigenvalue weighted by Crippen LogP contribution is 2.12. The van der Waals surface area contributed by atoms with Gasteiger partial charge in [0.1, 0.15) is 12.4 Å². The first-order chi connectivity index (χ1) is 8.77. The van der Waals surface area contributed by atoms with Crippen LogP contribution in [-0.4, -0.2) is 39.4 Å². The highest BCUT2D eigenvalue weighted by molar-refractivity contribution is 5.94. The number of benzene rings is 1. The number of methoxy groups -OCH3 is 1. The molecule has 0 bridgehead atoms. The third kappa shape index (κ3) is 5.13. The van der Waals surface area contributed by atoms with Crippen LogP contribution < -0.4 is 16.0 Å². The van der Waals surface area contributed by atoms with Gasteiger partial charge in [0, 0.05) is 12.7 Å². The molecule has 0 saturated carbocycles. The fraction of sp³-hybridized carbons (Fsp3) is 0.417. The van der Waals surface area contributed by atoms with E-state index in [0.29, 0.717) is 37.7 Å². The summed E-state index contributed by atoms with van der Waals surface area (Å²) in [7, 11) is 1.62. The SMILES string of the molecule is COCCOCCOc1cccc(C(=O)NN)c1. The van der Waals surface area contributed by atoms with Gasteiger partial charge in [-0.1, -0.05) is 6.07 Å². The number of nitrogens with two attached hydrogens (primary N) is 1. The Hall–Kier alpha value is -1.63. The Labute approximate surface area is 106 Å².